The molecule has 4 N–H and O–H groups in total. The van der Waals surface area contributed by atoms with Crippen LogP contribution in [0.5, 0.6) is 0 Å². The topological polar surface area (TPSA) is 116 Å². The van der Waals surface area contributed by atoms with Crippen molar-refractivity contribution in [2.75, 3.05) is 31.3 Å². The van der Waals surface area contributed by atoms with Crippen molar-refractivity contribution in [2.24, 2.45) is 0 Å². The second-order valence-corrected chi connectivity index (χ2v) is 7.83. The van der Waals surface area contributed by atoms with Crippen LogP contribution in [0.1, 0.15) is 36.7 Å². The second-order valence-electron chi connectivity index (χ2n) is 7.83. The molecule has 0 aromatic carbocycles. The monoisotopic (exact) mass is 464 g/mol. The van der Waals surface area contributed by atoms with E-state index < -0.39 is 0 Å². The molecule has 0 atom stereocenters. The molecule has 34 heavy (non-hydrogen) atoms. The molecule has 1 saturated carbocycles. The summed E-state index contributed by atoms with van der Waals surface area (Å²) in [7, 11) is 3.66. The number of rotatable bonds is 12. The number of imidazole rings is 1. The largest absolute Gasteiger partial charge is 0.385 e. The number of amides is 1. The molecular weight excluding hydrogens is 432 g/mol. The zero-order valence-corrected chi connectivity index (χ0v) is 19.8. The van der Waals surface area contributed by atoms with Crippen LogP contribution < -0.4 is 21.3 Å². The minimum absolute atomic E-state index is 0.202. The minimum Gasteiger partial charge on any atom is -0.385 e. The van der Waals surface area contributed by atoms with Gasteiger partial charge in [0.2, 0.25) is 0 Å². The molecule has 1 fully saturated rings. The highest BCUT2D eigenvalue weighted by atomic mass is 16.2. The average Bonchev–Trinajstić information content (AvgIpc) is 3.24. The summed E-state index contributed by atoms with van der Waals surface area (Å²) in [5.74, 6) is 1.09. The van der Waals surface area contributed by atoms with Crippen molar-refractivity contribution >= 4 is 29.3 Å². The fraction of sp³-hybridized carbons (Fsp3) is 0.333. The summed E-state index contributed by atoms with van der Waals surface area (Å²) in [6.45, 7) is 6.28. The Balaban J connectivity index is 1.80. The maximum atomic E-state index is 12.7. The van der Waals surface area contributed by atoms with Gasteiger partial charge in [-0.2, -0.15) is 0 Å². The van der Waals surface area contributed by atoms with Crippen LogP contribution in [0.15, 0.2) is 60.9 Å². The molecule has 1 aliphatic carbocycles. The van der Waals surface area contributed by atoms with Gasteiger partial charge in [-0.3, -0.25) is 9.59 Å². The van der Waals surface area contributed by atoms with E-state index in [1.165, 1.54) is 10.7 Å². The average molecular weight is 465 g/mol. The molecule has 0 spiro atoms. The van der Waals surface area contributed by atoms with Crippen molar-refractivity contribution in [1.82, 2.24) is 30.1 Å². The highest BCUT2D eigenvalue weighted by molar-refractivity contribution is 5.94. The van der Waals surface area contributed by atoms with Crippen molar-refractivity contribution in [3.05, 3.63) is 66.6 Å². The Hall–Kier alpha value is -4.08. The normalized spacial score (nSPS) is 14.6. The van der Waals surface area contributed by atoms with E-state index in [0.29, 0.717) is 41.4 Å². The van der Waals surface area contributed by atoms with Gasteiger partial charge in [-0.25, -0.2) is 9.50 Å². The van der Waals surface area contributed by atoms with Crippen LogP contribution in [-0.4, -0.2) is 58.4 Å². The van der Waals surface area contributed by atoms with Crippen LogP contribution in [0, 0.1) is 0 Å². The van der Waals surface area contributed by atoms with Crippen molar-refractivity contribution in [2.45, 2.75) is 32.2 Å². The number of nitrogens with zero attached hydrogens (tertiary/aromatic N) is 4. The number of anilines is 2. The van der Waals surface area contributed by atoms with Gasteiger partial charge in [0.1, 0.15) is 5.82 Å². The molecule has 0 aliphatic heterocycles. The van der Waals surface area contributed by atoms with E-state index in [1.54, 1.807) is 31.3 Å². The van der Waals surface area contributed by atoms with Gasteiger partial charge in [0.05, 0.1) is 17.6 Å². The number of fused-ring (bicyclic) bond motifs is 1. The van der Waals surface area contributed by atoms with E-state index in [0.717, 1.165) is 25.1 Å². The summed E-state index contributed by atoms with van der Waals surface area (Å²) >= 11 is 0. The van der Waals surface area contributed by atoms with Gasteiger partial charge in [0.15, 0.2) is 23.4 Å². The molecule has 2 aromatic rings. The molecule has 10 nitrogen and oxygen atoms in total. The lowest BCUT2D eigenvalue weighted by Gasteiger charge is -2.26. The Labute approximate surface area is 199 Å². The van der Waals surface area contributed by atoms with Crippen molar-refractivity contribution < 1.29 is 9.59 Å². The third-order valence-electron chi connectivity index (χ3n) is 5.48. The summed E-state index contributed by atoms with van der Waals surface area (Å²) in [5.41, 5.74) is 1.84. The van der Waals surface area contributed by atoms with E-state index in [1.807, 2.05) is 31.1 Å². The van der Waals surface area contributed by atoms with E-state index in [4.69, 9.17) is 0 Å². The van der Waals surface area contributed by atoms with Gasteiger partial charge in [-0.05, 0) is 44.4 Å². The third kappa shape index (κ3) is 5.83. The summed E-state index contributed by atoms with van der Waals surface area (Å²) in [6.07, 6.45) is 14.3. The number of carbonyl (C=O) groups is 2. The third-order valence-corrected chi connectivity index (χ3v) is 5.48. The zero-order chi connectivity index (χ0) is 24.5. The Bertz CT molecular complexity index is 1130. The fourth-order valence-electron chi connectivity index (χ4n) is 3.40. The lowest BCUT2D eigenvalue weighted by molar-refractivity contribution is -0.104. The lowest BCUT2D eigenvalue weighted by Crippen LogP contribution is -2.40. The summed E-state index contributed by atoms with van der Waals surface area (Å²) < 4.78 is 1.48. The zero-order valence-electron chi connectivity index (χ0n) is 19.8. The summed E-state index contributed by atoms with van der Waals surface area (Å²) in [6, 6.07) is 1.94. The number of aromatic nitrogens is 3. The number of nitrogens with one attached hydrogen (secondary N) is 4. The molecule has 2 heterocycles. The van der Waals surface area contributed by atoms with Crippen LogP contribution >= 0.6 is 0 Å². The van der Waals surface area contributed by atoms with Crippen LogP contribution in [-0.2, 0) is 4.79 Å². The van der Waals surface area contributed by atoms with Gasteiger partial charge in [0, 0.05) is 38.9 Å². The van der Waals surface area contributed by atoms with Gasteiger partial charge < -0.3 is 26.2 Å². The Morgan fingerprint density at radius 3 is 2.79 bits per heavy atom. The number of hydrogen-bond acceptors (Lipinski definition) is 8. The predicted molar refractivity (Wildman–Crippen MR) is 134 cm³/mol. The molecule has 1 amide bonds. The molecule has 180 valence electrons. The van der Waals surface area contributed by atoms with Crippen molar-refractivity contribution in [1.29, 1.82) is 0 Å². The van der Waals surface area contributed by atoms with Crippen LogP contribution in [0.2, 0.25) is 0 Å². The first kappa shape index (κ1) is 24.6. The number of aldehydes is 1. The van der Waals surface area contributed by atoms with Gasteiger partial charge >= 0.3 is 0 Å². The SMILES string of the molecule is C=CCN/C(=C\C)N(C)/C=C\C=C(/C=O)Nc1cc(NC)c2ncc(C(=O)NC3CCC3)n2n1. The molecular formula is C24H32N8O2. The molecule has 0 saturated heterocycles. The quantitative estimate of drug-likeness (QED) is 0.164. The predicted octanol–water partition coefficient (Wildman–Crippen LogP) is 2.63. The molecule has 0 unspecified atom stereocenters. The molecule has 0 bridgehead atoms. The first-order valence-corrected chi connectivity index (χ1v) is 11.2. The van der Waals surface area contributed by atoms with E-state index >= 15 is 0 Å². The minimum atomic E-state index is -0.217. The molecule has 0 radical (unpaired) electrons. The molecule has 3 rings (SSSR count). The molecule has 2 aromatic heterocycles. The van der Waals surface area contributed by atoms with E-state index in [2.05, 4.69) is 37.9 Å². The Morgan fingerprint density at radius 2 is 2.18 bits per heavy atom. The van der Waals surface area contributed by atoms with E-state index in [-0.39, 0.29) is 11.9 Å². The highest BCUT2D eigenvalue weighted by Gasteiger charge is 2.23. The van der Waals surface area contributed by atoms with Gasteiger partial charge in [-0.15, -0.1) is 11.7 Å². The Morgan fingerprint density at radius 1 is 1.38 bits per heavy atom. The Kier molecular flexibility index (Phi) is 8.44. The van der Waals surface area contributed by atoms with Crippen LogP contribution in [0.3, 0.4) is 0 Å². The van der Waals surface area contributed by atoms with Gasteiger partial charge in [-0.1, -0.05) is 6.08 Å². The number of hydrogen-bond donors (Lipinski definition) is 4. The smallest absolute Gasteiger partial charge is 0.271 e. The first-order chi connectivity index (χ1) is 16.5. The van der Waals surface area contributed by atoms with Crippen molar-refractivity contribution in [3.63, 3.8) is 0 Å². The summed E-state index contributed by atoms with van der Waals surface area (Å²) in [5, 5.41) is 16.8. The van der Waals surface area contributed by atoms with Crippen molar-refractivity contribution in [3.8, 4) is 0 Å². The maximum absolute atomic E-state index is 12.7. The number of allylic oxidation sites excluding steroid dienone is 4. The van der Waals surface area contributed by atoms with Crippen LogP contribution in [0.4, 0.5) is 11.5 Å². The number of carbonyl (C=O) groups excluding carboxylic acids is 2. The maximum Gasteiger partial charge on any atom is 0.271 e. The fourth-order valence-corrected chi connectivity index (χ4v) is 3.40. The second kappa shape index (κ2) is 11.7. The lowest BCUT2D eigenvalue weighted by atomic mass is 9.93. The van der Waals surface area contributed by atoms with E-state index in [9.17, 15) is 9.59 Å². The highest BCUT2D eigenvalue weighted by Crippen LogP contribution is 2.22. The molecule has 10 heteroatoms. The first-order valence-electron chi connectivity index (χ1n) is 11.2. The van der Waals surface area contributed by atoms with Gasteiger partial charge in [0.25, 0.3) is 5.91 Å². The van der Waals surface area contributed by atoms with Crippen LogP contribution in [0.25, 0.3) is 5.65 Å². The summed E-state index contributed by atoms with van der Waals surface area (Å²) in [4.78, 5) is 30.6. The standard InChI is InChI=1S/C24H32N8O2/c1-5-12-26-22(6-2)31(4)13-8-11-18(16-33)28-21-14-19(25-3)23-27-15-20(32(23)30-21)24(34)29-17-9-7-10-17/h5-6,8,11,13-17,25-26H,1,7,9-10,12H2,2-4H3,(H,28,30)(H,29,34)/b13-8-,18-11+,22-6+. The molecule has 1 aliphatic rings.